The van der Waals surface area contributed by atoms with Gasteiger partial charge in [0.2, 0.25) is 35.2 Å². The van der Waals surface area contributed by atoms with Gasteiger partial charge in [-0.25, -0.2) is 0 Å². The summed E-state index contributed by atoms with van der Waals surface area (Å²) in [5.41, 5.74) is 3.65. The molecule has 0 bridgehead atoms. The first-order chi connectivity index (χ1) is 41.0. The zero-order valence-corrected chi connectivity index (χ0v) is 48.2. The number of nitrogens with one attached hydrogen (secondary N) is 6. The van der Waals surface area contributed by atoms with Crippen LogP contribution in [-0.2, 0) is 38.4 Å². The molecule has 8 amide bonds. The van der Waals surface area contributed by atoms with E-state index in [2.05, 4.69) is 31.9 Å². The van der Waals surface area contributed by atoms with Crippen molar-refractivity contribution < 1.29 is 47.9 Å². The zero-order chi connectivity index (χ0) is 59.1. The lowest BCUT2D eigenvalue weighted by Crippen LogP contribution is -2.58. The van der Waals surface area contributed by atoms with Crippen LogP contribution in [0.25, 0.3) is 27.5 Å². The number of amides is 8. The van der Waals surface area contributed by atoms with Crippen LogP contribution >= 0.6 is 0 Å². The Morgan fingerprint density at radius 1 is 0.576 bits per heavy atom. The highest BCUT2D eigenvalue weighted by atomic mass is 16.2. The molecule has 2 spiro atoms. The van der Waals surface area contributed by atoms with E-state index >= 15 is 14.4 Å². The summed E-state index contributed by atoms with van der Waals surface area (Å²) in [7, 11) is 0. The molecule has 8 fully saturated rings. The molecule has 444 valence electrons. The molecule has 6 heterocycles. The van der Waals surface area contributed by atoms with Crippen LogP contribution in [-0.4, -0.2) is 140 Å². The number of carbonyl (C=O) groups excluding carboxylic acids is 10. The first-order valence-electron chi connectivity index (χ1n) is 30.8. The molecule has 85 heavy (non-hydrogen) atoms. The number of benzene rings is 3. The van der Waals surface area contributed by atoms with Gasteiger partial charge in [0.1, 0.15) is 23.5 Å². The predicted molar refractivity (Wildman–Crippen MR) is 313 cm³/mol. The lowest BCUT2D eigenvalue weighted by molar-refractivity contribution is -0.141. The van der Waals surface area contributed by atoms with E-state index in [0.29, 0.717) is 68.8 Å². The molecule has 6 N–H and O–H groups in total. The highest BCUT2D eigenvalue weighted by Crippen LogP contribution is 2.66. The number of hydrogen-bond acceptors (Lipinski definition) is 10. The number of carbonyl (C=O) groups is 10. The molecule has 20 nitrogen and oxygen atoms in total. The van der Waals surface area contributed by atoms with Crippen molar-refractivity contribution in [2.75, 3.05) is 26.2 Å². The fraction of sp³-hybridized carbons (Fsp3) is 0.508. The maximum Gasteiger partial charge on any atom is 0.289 e. The van der Waals surface area contributed by atoms with Crippen LogP contribution in [0.1, 0.15) is 149 Å². The third-order valence-electron chi connectivity index (χ3n) is 19.9. The monoisotopic (exact) mass is 1150 g/mol. The van der Waals surface area contributed by atoms with Gasteiger partial charge in [0.05, 0.1) is 17.6 Å². The van der Waals surface area contributed by atoms with Crippen LogP contribution in [0.2, 0.25) is 0 Å². The number of Topliss-reactive ketones (excluding diaryl/α,β-unsaturated/α-hetero) is 2. The van der Waals surface area contributed by atoms with Gasteiger partial charge in [-0.3, -0.25) is 47.9 Å². The highest BCUT2D eigenvalue weighted by Gasteiger charge is 2.60. The van der Waals surface area contributed by atoms with E-state index in [1.807, 2.05) is 108 Å². The highest BCUT2D eigenvalue weighted by molar-refractivity contribution is 6.39. The largest absolute Gasteiger partial charge is 0.356 e. The first kappa shape index (κ1) is 56.0. The quantitative estimate of drug-likeness (QED) is 0.0600. The summed E-state index contributed by atoms with van der Waals surface area (Å²) in [5, 5.41) is 18.6. The predicted octanol–water partition coefficient (Wildman–Crippen LogP) is 5.05. The van der Waals surface area contributed by atoms with Gasteiger partial charge in [0.15, 0.2) is 0 Å². The summed E-state index contributed by atoms with van der Waals surface area (Å²) < 4.78 is 3.90. The normalized spacial score (nSPS) is 25.6. The second kappa shape index (κ2) is 22.0. The van der Waals surface area contributed by atoms with Crippen molar-refractivity contribution in [3.8, 4) is 5.69 Å². The minimum atomic E-state index is -1.29. The van der Waals surface area contributed by atoms with Gasteiger partial charge in [0.25, 0.3) is 23.6 Å². The molecular formula is C65H74N10O10. The van der Waals surface area contributed by atoms with E-state index in [-0.39, 0.29) is 78.9 Å². The lowest BCUT2D eigenvalue weighted by Gasteiger charge is -2.40. The number of nitrogens with zero attached hydrogens (tertiary/aromatic N) is 4. The maximum atomic E-state index is 15.3. The Hall–Kier alpha value is -8.16. The summed E-state index contributed by atoms with van der Waals surface area (Å²) in [6.07, 6.45) is 8.43. The van der Waals surface area contributed by atoms with Crippen molar-refractivity contribution in [3.63, 3.8) is 0 Å². The number of likely N-dealkylation sites (tertiary alicyclic amines) is 2. The lowest BCUT2D eigenvalue weighted by atomic mass is 9.83. The molecule has 0 radical (unpaired) electrons. The topological polar surface area (TPSA) is 259 Å². The molecule has 4 saturated carbocycles. The molecule has 3 aromatic carbocycles. The van der Waals surface area contributed by atoms with Crippen LogP contribution in [0.4, 0.5) is 0 Å². The van der Waals surface area contributed by atoms with Crippen molar-refractivity contribution in [1.29, 1.82) is 0 Å². The minimum Gasteiger partial charge on any atom is -0.356 e. The molecule has 2 aromatic heterocycles. The Bertz CT molecular complexity index is 3590. The number of fused-ring (bicyclic) bond motifs is 2. The van der Waals surface area contributed by atoms with Crippen LogP contribution < -0.4 is 31.9 Å². The second-order valence-corrected chi connectivity index (χ2v) is 26.0. The molecule has 8 unspecified atom stereocenters. The standard InChI is InChI=1S/C65H74N10O10/c1-36(2)74-48-9-5-3-7-38(48)31-50(74)62(84)73-28-24-65(35-53(73)59(81)71-47(30-41-20-26-67-57(41)79)55(77)61(83)69-43-15-16-43)33-45(65)37-11-17-44(18-12-37)75-49-10-6-4-8-39(49)32-51(75)63(85)72-27-23-64(21-22-64)34-52(72)58(80)70-46(29-40-19-25-66-56(40)78)54(76)60(82)68-42-13-14-42/h3-12,17-18,31-32,36,40-43,45-47,52-53H,13-16,19-30,33-35H2,1-2H3,(H,66,78)(H,67,79)(H,68,82)(H,69,83)(H,70,80)(H,71,81). The van der Waals surface area contributed by atoms with E-state index in [9.17, 15) is 33.6 Å². The molecule has 4 aliphatic heterocycles. The van der Waals surface area contributed by atoms with E-state index in [4.69, 9.17) is 0 Å². The van der Waals surface area contributed by atoms with Crippen molar-refractivity contribution in [2.24, 2.45) is 22.7 Å². The Morgan fingerprint density at radius 3 is 1.61 bits per heavy atom. The SMILES string of the molecule is CC(C)n1c(C(=O)N2CCC3(CC2C(=O)NC(CC2CCNC2=O)C(=O)C(=O)NC2CC2)CC3c2ccc(-n3c(C(=O)N4CCC5(CC5)CC4C(=O)NC(CC4CCNC4=O)C(=O)C(=O)NC4CC4)cc4ccccc43)cc2)cc2ccccc21. The average molecular weight is 1160 g/mol. The second-order valence-electron chi connectivity index (χ2n) is 26.0. The third kappa shape index (κ3) is 11.0. The molecule has 8 aliphatic rings. The number of rotatable bonds is 19. The van der Waals surface area contributed by atoms with Gasteiger partial charge in [-0.2, -0.15) is 0 Å². The van der Waals surface area contributed by atoms with E-state index < -0.39 is 76.6 Å². The maximum absolute atomic E-state index is 15.3. The van der Waals surface area contributed by atoms with Crippen LogP contribution in [0.15, 0.2) is 84.9 Å². The number of aromatic nitrogens is 2. The van der Waals surface area contributed by atoms with Crippen LogP contribution in [0, 0.1) is 22.7 Å². The van der Waals surface area contributed by atoms with Gasteiger partial charge in [-0.1, -0.05) is 48.5 Å². The van der Waals surface area contributed by atoms with Crippen molar-refractivity contribution in [3.05, 3.63) is 102 Å². The van der Waals surface area contributed by atoms with Crippen molar-refractivity contribution in [2.45, 2.75) is 158 Å². The zero-order valence-electron chi connectivity index (χ0n) is 48.2. The number of piperidine rings is 2. The summed E-state index contributed by atoms with van der Waals surface area (Å²) in [6, 6.07) is 22.4. The Kier molecular flexibility index (Phi) is 14.5. The summed E-state index contributed by atoms with van der Waals surface area (Å²) in [4.78, 5) is 143. The van der Waals surface area contributed by atoms with E-state index in [0.717, 1.165) is 72.3 Å². The average Bonchev–Trinajstić information content (AvgIpc) is 1.97. The van der Waals surface area contributed by atoms with Crippen LogP contribution in [0.3, 0.4) is 0 Å². The molecule has 13 rings (SSSR count). The Labute approximate surface area is 492 Å². The summed E-state index contributed by atoms with van der Waals surface area (Å²) in [5.74, 6) is -6.60. The Balaban J connectivity index is 0.774. The third-order valence-corrected chi connectivity index (χ3v) is 19.9. The van der Waals surface area contributed by atoms with Crippen LogP contribution in [0.5, 0.6) is 0 Å². The fourth-order valence-electron chi connectivity index (χ4n) is 14.4. The molecule has 4 saturated heterocycles. The van der Waals surface area contributed by atoms with Crippen molar-refractivity contribution >= 4 is 80.6 Å². The summed E-state index contributed by atoms with van der Waals surface area (Å²) >= 11 is 0. The molecule has 4 aliphatic carbocycles. The smallest absolute Gasteiger partial charge is 0.289 e. The number of para-hydroxylation sites is 2. The van der Waals surface area contributed by atoms with Crippen molar-refractivity contribution in [1.82, 2.24) is 50.8 Å². The van der Waals surface area contributed by atoms with E-state index in [1.165, 1.54) is 0 Å². The van der Waals surface area contributed by atoms with Gasteiger partial charge in [0, 0.05) is 78.1 Å². The molecule has 8 atom stereocenters. The molecule has 5 aromatic rings. The molecular weight excluding hydrogens is 1080 g/mol. The minimum absolute atomic E-state index is 0.0106. The van der Waals surface area contributed by atoms with Gasteiger partial charge in [-0.15, -0.1) is 0 Å². The Morgan fingerprint density at radius 2 is 1.08 bits per heavy atom. The summed E-state index contributed by atoms with van der Waals surface area (Å²) in [6.45, 7) is 5.44. The fourth-order valence-corrected chi connectivity index (χ4v) is 14.4. The van der Waals surface area contributed by atoms with Gasteiger partial charge in [-0.05, 0) is 169 Å². The van der Waals surface area contributed by atoms with Gasteiger partial charge < -0.3 is 50.8 Å². The number of ketones is 2. The van der Waals surface area contributed by atoms with Gasteiger partial charge >= 0.3 is 0 Å². The molecule has 20 heteroatoms. The first-order valence-corrected chi connectivity index (χ1v) is 30.8. The van der Waals surface area contributed by atoms with E-state index in [1.54, 1.807) is 9.80 Å². The number of hydrogen-bond donors (Lipinski definition) is 6.